The van der Waals surface area contributed by atoms with Gasteiger partial charge in [0.05, 0.1) is 19.4 Å². The number of methoxy groups -OCH3 is 1. The largest absolute Gasteiger partial charge is 0.504 e. The zero-order valence-electron chi connectivity index (χ0n) is 13.0. The minimum atomic E-state index is -0.377. The molecule has 0 bridgehead atoms. The van der Waals surface area contributed by atoms with Crippen LogP contribution in [0.4, 0.5) is 0 Å². The van der Waals surface area contributed by atoms with E-state index in [4.69, 9.17) is 9.15 Å². The first-order valence-electron chi connectivity index (χ1n) is 7.45. The number of hydrogen-bond acceptors (Lipinski definition) is 5. The van der Waals surface area contributed by atoms with Crippen LogP contribution in [0.1, 0.15) is 37.1 Å². The Morgan fingerprint density at radius 1 is 1.43 bits per heavy atom. The fourth-order valence-corrected chi connectivity index (χ4v) is 2.71. The number of aromatic hydroxyl groups is 1. The quantitative estimate of drug-likeness (QED) is 0.941. The van der Waals surface area contributed by atoms with Crippen molar-refractivity contribution in [1.82, 2.24) is 5.01 Å². The standard InChI is InChI=1S/C17H18N2O4/c1-3-16(20)19-13(10-12(18-19)14-8-5-9-23-14)11-6-4-7-15(22-2)17(11)21/h4-9,13,21H,3,10H2,1-2H3/t13-/m0/s1. The van der Waals surface area contributed by atoms with Gasteiger partial charge in [-0.25, -0.2) is 5.01 Å². The third-order valence-corrected chi connectivity index (χ3v) is 3.88. The van der Waals surface area contributed by atoms with Gasteiger partial charge in [0.1, 0.15) is 11.5 Å². The van der Waals surface area contributed by atoms with Crippen molar-refractivity contribution < 1.29 is 19.1 Å². The van der Waals surface area contributed by atoms with Crippen molar-refractivity contribution in [3.8, 4) is 11.5 Å². The second-order valence-electron chi connectivity index (χ2n) is 5.23. The predicted molar refractivity (Wildman–Crippen MR) is 84.4 cm³/mol. The smallest absolute Gasteiger partial charge is 0.242 e. The van der Waals surface area contributed by atoms with Gasteiger partial charge in [0.2, 0.25) is 5.91 Å². The molecule has 6 nitrogen and oxygen atoms in total. The molecule has 0 saturated carbocycles. The summed E-state index contributed by atoms with van der Waals surface area (Å²) in [5.41, 5.74) is 1.29. The molecule has 1 aromatic heterocycles. The number of ether oxygens (including phenoxy) is 1. The lowest BCUT2D eigenvalue weighted by Gasteiger charge is -2.22. The molecule has 3 rings (SSSR count). The van der Waals surface area contributed by atoms with E-state index in [9.17, 15) is 9.90 Å². The maximum Gasteiger partial charge on any atom is 0.242 e. The number of hydrazone groups is 1. The van der Waals surface area contributed by atoms with Gasteiger partial charge >= 0.3 is 0 Å². The van der Waals surface area contributed by atoms with Gasteiger partial charge in [-0.3, -0.25) is 4.79 Å². The average molecular weight is 314 g/mol. The Balaban J connectivity index is 2.00. The van der Waals surface area contributed by atoms with Crippen LogP contribution in [0.5, 0.6) is 11.5 Å². The third kappa shape index (κ3) is 2.67. The Morgan fingerprint density at radius 3 is 2.91 bits per heavy atom. The molecular weight excluding hydrogens is 296 g/mol. The number of hydrogen-bond donors (Lipinski definition) is 1. The Labute approximate surface area is 134 Å². The molecule has 23 heavy (non-hydrogen) atoms. The van der Waals surface area contributed by atoms with Crippen LogP contribution < -0.4 is 4.74 Å². The summed E-state index contributed by atoms with van der Waals surface area (Å²) in [7, 11) is 1.49. The lowest BCUT2D eigenvalue weighted by molar-refractivity contribution is -0.132. The number of rotatable bonds is 4. The molecule has 1 atom stereocenters. The van der Waals surface area contributed by atoms with Crippen molar-refractivity contribution in [2.24, 2.45) is 5.10 Å². The molecule has 6 heteroatoms. The van der Waals surface area contributed by atoms with E-state index in [2.05, 4.69) is 5.10 Å². The minimum absolute atomic E-state index is 0.0322. The van der Waals surface area contributed by atoms with Crippen LogP contribution in [-0.4, -0.2) is 28.8 Å². The highest BCUT2D eigenvalue weighted by atomic mass is 16.5. The number of phenols is 1. The van der Waals surface area contributed by atoms with Crippen molar-refractivity contribution in [1.29, 1.82) is 0 Å². The molecule has 0 unspecified atom stereocenters. The summed E-state index contributed by atoms with van der Waals surface area (Å²) >= 11 is 0. The molecule has 1 aliphatic rings. The number of phenolic OH excluding ortho intramolecular Hbond substituents is 1. The summed E-state index contributed by atoms with van der Waals surface area (Å²) in [6.45, 7) is 1.78. The Bertz CT molecular complexity index is 737. The molecule has 0 radical (unpaired) electrons. The molecular formula is C17H18N2O4. The number of amides is 1. The van der Waals surface area contributed by atoms with Crippen molar-refractivity contribution >= 4 is 11.6 Å². The summed E-state index contributed by atoms with van der Waals surface area (Å²) < 4.78 is 10.5. The zero-order chi connectivity index (χ0) is 16.4. The molecule has 2 heterocycles. The van der Waals surface area contributed by atoms with E-state index in [1.165, 1.54) is 12.1 Å². The Morgan fingerprint density at radius 2 is 2.26 bits per heavy atom. The first kappa shape index (κ1) is 15.1. The van der Waals surface area contributed by atoms with E-state index in [0.717, 1.165) is 0 Å². The molecule has 0 aliphatic carbocycles. The van der Waals surface area contributed by atoms with E-state index in [1.54, 1.807) is 43.5 Å². The highest BCUT2D eigenvalue weighted by Gasteiger charge is 2.35. The molecule has 1 N–H and O–H groups in total. The number of carbonyl (C=O) groups excluding carboxylic acids is 1. The monoisotopic (exact) mass is 314 g/mol. The summed E-state index contributed by atoms with van der Waals surface area (Å²) in [6, 6.07) is 8.44. The molecule has 120 valence electrons. The van der Waals surface area contributed by atoms with Crippen molar-refractivity contribution in [2.45, 2.75) is 25.8 Å². The number of carbonyl (C=O) groups is 1. The molecule has 2 aromatic rings. The number of nitrogens with zero attached hydrogens (tertiary/aromatic N) is 2. The first-order valence-corrected chi connectivity index (χ1v) is 7.45. The maximum absolute atomic E-state index is 12.3. The second kappa shape index (κ2) is 6.16. The first-order chi connectivity index (χ1) is 11.2. The van der Waals surface area contributed by atoms with E-state index in [0.29, 0.717) is 35.6 Å². The molecule has 1 amide bonds. The van der Waals surface area contributed by atoms with Crippen LogP contribution in [0, 0.1) is 0 Å². The molecule has 1 aliphatic heterocycles. The fourth-order valence-electron chi connectivity index (χ4n) is 2.71. The molecule has 0 spiro atoms. The third-order valence-electron chi connectivity index (χ3n) is 3.88. The van der Waals surface area contributed by atoms with Gasteiger partial charge in [0, 0.05) is 18.4 Å². The summed E-state index contributed by atoms with van der Waals surface area (Å²) in [6.07, 6.45) is 2.37. The number of furan rings is 1. The van der Waals surface area contributed by atoms with E-state index < -0.39 is 0 Å². The predicted octanol–water partition coefficient (Wildman–Crippen LogP) is 3.08. The molecule has 0 saturated heterocycles. The van der Waals surface area contributed by atoms with Crippen LogP contribution in [0.25, 0.3) is 0 Å². The lowest BCUT2D eigenvalue weighted by Crippen LogP contribution is -2.26. The van der Waals surface area contributed by atoms with Gasteiger partial charge in [-0.15, -0.1) is 0 Å². The summed E-state index contributed by atoms with van der Waals surface area (Å²) in [5, 5.41) is 16.2. The molecule has 0 fully saturated rings. The summed E-state index contributed by atoms with van der Waals surface area (Å²) in [5.74, 6) is 0.921. The van der Waals surface area contributed by atoms with Crippen LogP contribution >= 0.6 is 0 Å². The lowest BCUT2D eigenvalue weighted by atomic mass is 9.99. The van der Waals surface area contributed by atoms with E-state index in [-0.39, 0.29) is 17.7 Å². The average Bonchev–Trinajstić information content (AvgIpc) is 3.23. The van der Waals surface area contributed by atoms with E-state index in [1.807, 2.05) is 0 Å². The van der Waals surface area contributed by atoms with Gasteiger partial charge in [-0.2, -0.15) is 5.10 Å². The van der Waals surface area contributed by atoms with Crippen molar-refractivity contribution in [3.05, 3.63) is 47.9 Å². The maximum atomic E-state index is 12.3. The van der Waals surface area contributed by atoms with E-state index >= 15 is 0 Å². The van der Waals surface area contributed by atoms with Crippen LogP contribution in [0.3, 0.4) is 0 Å². The zero-order valence-corrected chi connectivity index (χ0v) is 13.0. The van der Waals surface area contributed by atoms with Gasteiger partial charge in [-0.05, 0) is 18.2 Å². The van der Waals surface area contributed by atoms with Gasteiger partial charge in [-0.1, -0.05) is 19.1 Å². The highest BCUT2D eigenvalue weighted by Crippen LogP contribution is 2.41. The number of para-hydroxylation sites is 1. The van der Waals surface area contributed by atoms with Crippen LogP contribution in [0.15, 0.2) is 46.1 Å². The Kier molecular flexibility index (Phi) is 4.06. The topological polar surface area (TPSA) is 75.3 Å². The second-order valence-corrected chi connectivity index (χ2v) is 5.23. The van der Waals surface area contributed by atoms with Crippen LogP contribution in [0.2, 0.25) is 0 Å². The van der Waals surface area contributed by atoms with Crippen molar-refractivity contribution in [3.63, 3.8) is 0 Å². The van der Waals surface area contributed by atoms with Crippen molar-refractivity contribution in [2.75, 3.05) is 7.11 Å². The Hall–Kier alpha value is -2.76. The minimum Gasteiger partial charge on any atom is -0.504 e. The highest BCUT2D eigenvalue weighted by molar-refractivity contribution is 6.01. The summed E-state index contributed by atoms with van der Waals surface area (Å²) in [4.78, 5) is 12.3. The van der Waals surface area contributed by atoms with Crippen LogP contribution in [-0.2, 0) is 4.79 Å². The van der Waals surface area contributed by atoms with Gasteiger partial charge in [0.25, 0.3) is 0 Å². The fraction of sp³-hybridized carbons (Fsp3) is 0.294. The SMILES string of the molecule is CCC(=O)N1N=C(c2ccco2)C[C@H]1c1cccc(OC)c1O. The number of benzene rings is 1. The molecule has 1 aromatic carbocycles. The normalized spacial score (nSPS) is 17.2. The van der Waals surface area contributed by atoms with Gasteiger partial charge in [0.15, 0.2) is 11.5 Å². The van der Waals surface area contributed by atoms with Gasteiger partial charge < -0.3 is 14.3 Å².